The number of rotatable bonds is 5. The van der Waals surface area contributed by atoms with Gasteiger partial charge in [-0.05, 0) is 35.2 Å². The summed E-state index contributed by atoms with van der Waals surface area (Å²) in [5.74, 6) is 2.20. The number of aromatic nitrogens is 1. The molecule has 0 unspecified atom stereocenters. The van der Waals surface area contributed by atoms with Gasteiger partial charge in [0.2, 0.25) is 24.3 Å². The highest BCUT2D eigenvalue weighted by Crippen LogP contribution is 2.32. The topological polar surface area (TPSA) is 80.3 Å². The van der Waals surface area contributed by atoms with E-state index < -0.39 is 0 Å². The number of nitrogens with one attached hydrogen (secondary N) is 1. The van der Waals surface area contributed by atoms with Crippen molar-refractivity contribution >= 4 is 29.4 Å². The lowest BCUT2D eigenvalue weighted by Crippen LogP contribution is -1.99. The van der Waals surface area contributed by atoms with Crippen molar-refractivity contribution in [3.05, 3.63) is 57.7 Å². The smallest absolute Gasteiger partial charge is 0.232 e. The van der Waals surface area contributed by atoms with Gasteiger partial charge in [0.25, 0.3) is 0 Å². The molecule has 0 saturated heterocycles. The van der Waals surface area contributed by atoms with Crippen molar-refractivity contribution in [1.29, 1.82) is 5.26 Å². The first kappa shape index (κ1) is 15.3. The Morgan fingerprint density at radius 2 is 2.16 bits per heavy atom. The van der Waals surface area contributed by atoms with Gasteiger partial charge in [0.15, 0.2) is 11.5 Å². The van der Waals surface area contributed by atoms with E-state index in [1.165, 1.54) is 0 Å². The number of ether oxygens (including phenoxy) is 2. The number of hydrogen-bond donors (Lipinski definition) is 1. The van der Waals surface area contributed by atoms with Gasteiger partial charge >= 0.3 is 0 Å². The predicted molar refractivity (Wildman–Crippen MR) is 94.4 cm³/mol. The molecule has 3 aromatic rings. The molecule has 0 saturated carbocycles. The van der Waals surface area contributed by atoms with Gasteiger partial charge in [0.1, 0.15) is 6.07 Å². The van der Waals surface area contributed by atoms with Crippen molar-refractivity contribution < 1.29 is 13.9 Å². The van der Waals surface area contributed by atoms with E-state index in [0.717, 1.165) is 21.9 Å². The summed E-state index contributed by atoms with van der Waals surface area (Å²) >= 11 is 1.62. The lowest BCUT2D eigenvalue weighted by molar-refractivity contribution is 0.174. The summed E-state index contributed by atoms with van der Waals surface area (Å²) in [5.41, 5.74) is 1.21. The van der Waals surface area contributed by atoms with E-state index in [9.17, 15) is 5.26 Å². The number of hydrogen-bond acceptors (Lipinski definition) is 7. The van der Waals surface area contributed by atoms with Gasteiger partial charge in [-0.25, -0.2) is 0 Å². The minimum absolute atomic E-state index is 0.228. The van der Waals surface area contributed by atoms with Crippen molar-refractivity contribution in [3.63, 3.8) is 0 Å². The van der Waals surface area contributed by atoms with Crippen LogP contribution in [0.3, 0.4) is 0 Å². The fourth-order valence-corrected chi connectivity index (χ4v) is 2.99. The molecule has 0 fully saturated rings. The maximum absolute atomic E-state index is 9.24. The molecule has 1 aliphatic heterocycles. The maximum atomic E-state index is 9.24. The van der Waals surface area contributed by atoms with Crippen LogP contribution in [-0.4, -0.2) is 11.8 Å². The molecule has 1 aromatic carbocycles. The average Bonchev–Trinajstić information content (AvgIpc) is 3.37. The Bertz CT molecular complexity index is 955. The first-order valence-electron chi connectivity index (χ1n) is 7.57. The second-order valence-electron chi connectivity index (χ2n) is 5.23. The second kappa shape index (κ2) is 6.71. The third kappa shape index (κ3) is 3.34. The van der Waals surface area contributed by atoms with E-state index in [-0.39, 0.29) is 12.5 Å². The van der Waals surface area contributed by atoms with Crippen molar-refractivity contribution in [1.82, 2.24) is 4.98 Å². The Labute approximate surface area is 147 Å². The Morgan fingerprint density at radius 1 is 1.24 bits per heavy atom. The van der Waals surface area contributed by atoms with E-state index in [1.807, 2.05) is 47.9 Å². The number of fused-ring (bicyclic) bond motifs is 1. The molecule has 2 aromatic heterocycles. The van der Waals surface area contributed by atoms with E-state index in [2.05, 4.69) is 10.3 Å². The summed E-state index contributed by atoms with van der Waals surface area (Å²) in [4.78, 5) is 5.27. The summed E-state index contributed by atoms with van der Waals surface area (Å²) in [7, 11) is 0. The van der Waals surface area contributed by atoms with Gasteiger partial charge in [-0.1, -0.05) is 12.1 Å². The SMILES string of the molecule is N#Cc1nc(/C=C/c2cccs2)oc1NCc1ccc2c(c1)OCO2. The third-order valence-corrected chi connectivity index (χ3v) is 4.41. The first-order valence-corrected chi connectivity index (χ1v) is 8.45. The molecule has 1 N–H and O–H groups in total. The van der Waals surface area contributed by atoms with E-state index in [4.69, 9.17) is 13.9 Å². The number of benzene rings is 1. The standard InChI is InChI=1S/C18H13N3O3S/c19-9-14-18(24-17(21-14)6-4-13-2-1-7-25-13)20-10-12-3-5-15-16(8-12)23-11-22-15/h1-8,20H,10-11H2/b6-4+. The van der Waals surface area contributed by atoms with Gasteiger partial charge in [-0.2, -0.15) is 10.2 Å². The zero-order valence-corrected chi connectivity index (χ0v) is 13.9. The molecule has 7 heteroatoms. The van der Waals surface area contributed by atoms with Crippen LogP contribution in [-0.2, 0) is 6.54 Å². The fourth-order valence-electron chi connectivity index (χ4n) is 2.38. The molecule has 1 aliphatic rings. The third-order valence-electron chi connectivity index (χ3n) is 3.57. The van der Waals surface area contributed by atoms with E-state index in [0.29, 0.717) is 18.3 Å². The Hall–Kier alpha value is -3.24. The van der Waals surface area contributed by atoms with Crippen LogP contribution in [0.4, 0.5) is 5.88 Å². The molecule has 0 atom stereocenters. The fraction of sp³-hybridized carbons (Fsp3) is 0.111. The summed E-state index contributed by atoms with van der Waals surface area (Å²) in [6.45, 7) is 0.724. The minimum Gasteiger partial charge on any atom is -0.454 e. The van der Waals surface area contributed by atoms with Crippen LogP contribution in [0.5, 0.6) is 11.5 Å². The number of thiophene rings is 1. The van der Waals surface area contributed by atoms with Crippen LogP contribution in [0.1, 0.15) is 22.0 Å². The maximum Gasteiger partial charge on any atom is 0.232 e. The lowest BCUT2D eigenvalue weighted by Gasteiger charge is -2.04. The highest BCUT2D eigenvalue weighted by Gasteiger charge is 2.15. The number of oxazole rings is 1. The molecule has 124 valence electrons. The van der Waals surface area contributed by atoms with Crippen molar-refractivity contribution in [3.8, 4) is 17.6 Å². The molecular formula is C18H13N3O3S. The highest BCUT2D eigenvalue weighted by molar-refractivity contribution is 7.10. The van der Waals surface area contributed by atoms with E-state index in [1.54, 1.807) is 17.4 Å². The molecule has 0 spiro atoms. The van der Waals surface area contributed by atoms with Crippen molar-refractivity contribution in [2.24, 2.45) is 0 Å². The van der Waals surface area contributed by atoms with Gasteiger partial charge in [0.05, 0.1) is 0 Å². The molecule has 0 radical (unpaired) electrons. The van der Waals surface area contributed by atoms with Gasteiger partial charge in [0, 0.05) is 17.5 Å². The quantitative estimate of drug-likeness (QED) is 0.745. The van der Waals surface area contributed by atoms with E-state index >= 15 is 0 Å². The molecule has 4 rings (SSSR count). The molecule has 3 heterocycles. The summed E-state index contributed by atoms with van der Waals surface area (Å²) in [5, 5.41) is 14.3. The van der Waals surface area contributed by atoms with Crippen LogP contribution in [0.15, 0.2) is 40.1 Å². The number of anilines is 1. The lowest BCUT2D eigenvalue weighted by atomic mass is 10.2. The first-order chi connectivity index (χ1) is 12.3. The highest BCUT2D eigenvalue weighted by atomic mass is 32.1. The number of nitriles is 1. The molecule has 25 heavy (non-hydrogen) atoms. The van der Waals surface area contributed by atoms with Crippen molar-refractivity contribution in [2.45, 2.75) is 6.54 Å². The largest absolute Gasteiger partial charge is 0.454 e. The van der Waals surface area contributed by atoms with Crippen LogP contribution in [0.25, 0.3) is 12.2 Å². The van der Waals surface area contributed by atoms with Crippen LogP contribution < -0.4 is 14.8 Å². The Balaban J connectivity index is 1.47. The van der Waals surface area contributed by atoms with Crippen LogP contribution >= 0.6 is 11.3 Å². The molecule has 0 aliphatic carbocycles. The summed E-state index contributed by atoms with van der Waals surface area (Å²) in [6, 6.07) is 11.7. The van der Waals surface area contributed by atoms with Crippen molar-refractivity contribution in [2.75, 3.05) is 12.1 Å². The van der Waals surface area contributed by atoms with Gasteiger partial charge in [-0.3, -0.25) is 0 Å². The molecule has 6 nitrogen and oxygen atoms in total. The Morgan fingerprint density at radius 3 is 3.00 bits per heavy atom. The molecule has 0 amide bonds. The van der Waals surface area contributed by atoms with Gasteiger partial charge in [-0.15, -0.1) is 11.3 Å². The second-order valence-corrected chi connectivity index (χ2v) is 6.21. The predicted octanol–water partition coefficient (Wildman–Crippen LogP) is 4.12. The number of nitrogens with zero attached hydrogens (tertiary/aromatic N) is 2. The zero-order chi connectivity index (χ0) is 17.1. The monoisotopic (exact) mass is 351 g/mol. The zero-order valence-electron chi connectivity index (χ0n) is 13.1. The van der Waals surface area contributed by atoms with Crippen LogP contribution in [0.2, 0.25) is 0 Å². The summed E-state index contributed by atoms with van der Waals surface area (Å²) in [6.07, 6.45) is 3.65. The normalized spacial score (nSPS) is 12.4. The molecule has 0 bridgehead atoms. The summed E-state index contributed by atoms with van der Waals surface area (Å²) < 4.78 is 16.3. The van der Waals surface area contributed by atoms with Gasteiger partial charge < -0.3 is 19.2 Å². The minimum atomic E-state index is 0.228. The average molecular weight is 351 g/mol. The van der Waals surface area contributed by atoms with Crippen LogP contribution in [0, 0.1) is 11.3 Å². The Kier molecular flexibility index (Phi) is 4.11. The molecular weight excluding hydrogens is 338 g/mol.